The maximum absolute atomic E-state index is 12.4. The number of carbonyl (C=O) groups excluding carboxylic acids is 1. The van der Waals surface area contributed by atoms with Crippen LogP contribution in [0.2, 0.25) is 0 Å². The number of hydrogen-bond acceptors (Lipinski definition) is 5. The van der Waals surface area contributed by atoms with Crippen LogP contribution in [0.25, 0.3) is 0 Å². The van der Waals surface area contributed by atoms with Crippen LogP contribution >= 0.6 is 12.2 Å². The highest BCUT2D eigenvalue weighted by Crippen LogP contribution is 2.16. The Morgan fingerprint density at radius 1 is 1.14 bits per heavy atom. The molecule has 1 aromatic heterocycles. The fourth-order valence-corrected chi connectivity index (χ4v) is 4.10. The van der Waals surface area contributed by atoms with E-state index in [9.17, 15) is 13.2 Å². The standard InChI is InChI=1S/C19H21N5O3S2/c1-2-24-17(21-22-19(24)28)12-13-20-18(25)14-8-10-16(11-9-14)29(26,27)23-15-6-4-3-5-7-15/h3-11,23H,2,12-13H2,1H3,(H,20,25)(H,22,28). The first-order chi connectivity index (χ1) is 13.9. The summed E-state index contributed by atoms with van der Waals surface area (Å²) in [4.78, 5) is 12.4. The third-order valence-corrected chi connectivity index (χ3v) is 5.95. The predicted octanol–water partition coefficient (Wildman–Crippen LogP) is 2.73. The number of sulfonamides is 1. The van der Waals surface area contributed by atoms with E-state index in [1.807, 2.05) is 11.5 Å². The van der Waals surface area contributed by atoms with Gasteiger partial charge in [0.1, 0.15) is 5.82 Å². The van der Waals surface area contributed by atoms with Crippen molar-refractivity contribution in [1.82, 2.24) is 20.1 Å². The van der Waals surface area contributed by atoms with Gasteiger partial charge < -0.3 is 9.88 Å². The summed E-state index contributed by atoms with van der Waals surface area (Å²) in [5, 5.41) is 9.69. The van der Waals surface area contributed by atoms with Gasteiger partial charge in [0.25, 0.3) is 15.9 Å². The Morgan fingerprint density at radius 3 is 2.48 bits per heavy atom. The molecule has 3 aromatic rings. The van der Waals surface area contributed by atoms with E-state index >= 15 is 0 Å². The minimum absolute atomic E-state index is 0.0800. The largest absolute Gasteiger partial charge is 0.352 e. The van der Waals surface area contributed by atoms with E-state index in [1.54, 1.807) is 30.3 Å². The summed E-state index contributed by atoms with van der Waals surface area (Å²) in [5.41, 5.74) is 0.845. The SMILES string of the molecule is CCn1c(CCNC(=O)c2ccc(S(=O)(=O)Nc3ccccc3)cc2)n[nH]c1=S. The topological polar surface area (TPSA) is 109 Å². The van der Waals surface area contributed by atoms with Gasteiger partial charge in [-0.15, -0.1) is 0 Å². The van der Waals surface area contributed by atoms with Crippen LogP contribution in [0.5, 0.6) is 0 Å². The predicted molar refractivity (Wildman–Crippen MR) is 113 cm³/mol. The number of carbonyl (C=O) groups is 1. The Kier molecular flexibility index (Phi) is 6.45. The number of amides is 1. The number of hydrogen-bond donors (Lipinski definition) is 3. The maximum Gasteiger partial charge on any atom is 0.261 e. The number of H-pyrrole nitrogens is 1. The molecule has 2 aromatic carbocycles. The van der Waals surface area contributed by atoms with E-state index in [0.717, 1.165) is 5.82 Å². The Morgan fingerprint density at radius 2 is 1.83 bits per heavy atom. The Balaban J connectivity index is 1.60. The van der Waals surface area contributed by atoms with Crippen LogP contribution in [0.4, 0.5) is 5.69 Å². The van der Waals surface area contributed by atoms with Gasteiger partial charge in [-0.1, -0.05) is 18.2 Å². The van der Waals surface area contributed by atoms with E-state index in [0.29, 0.717) is 35.5 Å². The van der Waals surface area contributed by atoms with Crippen molar-refractivity contribution in [3.05, 3.63) is 70.8 Å². The minimum Gasteiger partial charge on any atom is -0.352 e. The van der Waals surface area contributed by atoms with E-state index in [-0.39, 0.29) is 10.8 Å². The van der Waals surface area contributed by atoms with Crippen molar-refractivity contribution in [2.75, 3.05) is 11.3 Å². The number of rotatable bonds is 8. The van der Waals surface area contributed by atoms with E-state index < -0.39 is 10.0 Å². The summed E-state index contributed by atoms with van der Waals surface area (Å²) in [7, 11) is -3.72. The van der Waals surface area contributed by atoms with Crippen molar-refractivity contribution in [1.29, 1.82) is 0 Å². The van der Waals surface area contributed by atoms with Crippen LogP contribution < -0.4 is 10.0 Å². The summed E-state index contributed by atoms with van der Waals surface area (Å²) in [6.07, 6.45) is 0.528. The Bertz CT molecular complexity index is 1140. The van der Waals surface area contributed by atoms with Crippen LogP contribution in [0.15, 0.2) is 59.5 Å². The molecule has 1 heterocycles. The van der Waals surface area contributed by atoms with Gasteiger partial charge in [-0.2, -0.15) is 5.10 Å². The first-order valence-electron chi connectivity index (χ1n) is 9.01. The first-order valence-corrected chi connectivity index (χ1v) is 10.9. The molecule has 3 rings (SSSR count). The molecule has 10 heteroatoms. The Hall–Kier alpha value is -2.98. The zero-order chi connectivity index (χ0) is 20.9. The van der Waals surface area contributed by atoms with Crippen molar-refractivity contribution in [2.24, 2.45) is 0 Å². The molecule has 1 amide bonds. The van der Waals surface area contributed by atoms with E-state index in [4.69, 9.17) is 12.2 Å². The van der Waals surface area contributed by atoms with Crippen molar-refractivity contribution in [3.8, 4) is 0 Å². The lowest BCUT2D eigenvalue weighted by molar-refractivity contribution is 0.0954. The Labute approximate surface area is 174 Å². The molecule has 0 aliphatic heterocycles. The van der Waals surface area contributed by atoms with Crippen molar-refractivity contribution in [2.45, 2.75) is 24.8 Å². The number of anilines is 1. The molecule has 0 saturated carbocycles. The van der Waals surface area contributed by atoms with Gasteiger partial charge >= 0.3 is 0 Å². The average molecular weight is 432 g/mol. The van der Waals surface area contributed by atoms with Gasteiger partial charge in [-0.3, -0.25) is 14.6 Å². The lowest BCUT2D eigenvalue weighted by Gasteiger charge is -2.09. The number of aromatic nitrogens is 3. The lowest BCUT2D eigenvalue weighted by atomic mass is 10.2. The van der Waals surface area contributed by atoms with Gasteiger partial charge in [-0.25, -0.2) is 8.42 Å². The fourth-order valence-electron chi connectivity index (χ4n) is 2.76. The molecule has 29 heavy (non-hydrogen) atoms. The number of benzene rings is 2. The molecule has 0 radical (unpaired) electrons. The maximum atomic E-state index is 12.4. The number of nitrogens with one attached hydrogen (secondary N) is 3. The summed E-state index contributed by atoms with van der Waals surface area (Å²) in [5.74, 6) is 0.480. The summed E-state index contributed by atoms with van der Waals surface area (Å²) < 4.78 is 29.8. The molecule has 0 atom stereocenters. The first kappa shape index (κ1) is 20.7. The van der Waals surface area contributed by atoms with Gasteiger partial charge in [0.15, 0.2) is 4.77 Å². The third-order valence-electron chi connectivity index (χ3n) is 4.24. The van der Waals surface area contributed by atoms with Crippen LogP contribution in [0.3, 0.4) is 0 Å². The van der Waals surface area contributed by atoms with Crippen LogP contribution in [-0.2, 0) is 23.0 Å². The van der Waals surface area contributed by atoms with Crippen LogP contribution in [0.1, 0.15) is 23.1 Å². The quantitative estimate of drug-likeness (QED) is 0.475. The lowest BCUT2D eigenvalue weighted by Crippen LogP contribution is -2.26. The monoisotopic (exact) mass is 431 g/mol. The third kappa shape index (κ3) is 5.09. The highest BCUT2D eigenvalue weighted by Gasteiger charge is 2.15. The second-order valence-corrected chi connectivity index (χ2v) is 8.26. The van der Waals surface area contributed by atoms with Crippen LogP contribution in [-0.4, -0.2) is 35.6 Å². The molecule has 0 spiro atoms. The van der Waals surface area contributed by atoms with Gasteiger partial charge in [-0.05, 0) is 55.5 Å². The summed E-state index contributed by atoms with van der Waals surface area (Å²) >= 11 is 5.14. The molecule has 0 aliphatic rings. The molecule has 3 N–H and O–H groups in total. The second kappa shape index (κ2) is 9.01. The zero-order valence-electron chi connectivity index (χ0n) is 15.8. The number of nitrogens with zero attached hydrogens (tertiary/aromatic N) is 2. The van der Waals surface area contributed by atoms with Gasteiger partial charge in [0.2, 0.25) is 0 Å². The van der Waals surface area contributed by atoms with Crippen molar-refractivity contribution >= 4 is 33.8 Å². The minimum atomic E-state index is -3.72. The molecule has 0 aliphatic carbocycles. The van der Waals surface area contributed by atoms with Crippen molar-refractivity contribution < 1.29 is 13.2 Å². The second-order valence-electron chi connectivity index (χ2n) is 6.19. The molecule has 0 fully saturated rings. The van der Waals surface area contributed by atoms with Gasteiger partial charge in [0.05, 0.1) is 4.90 Å². The number of para-hydroxylation sites is 1. The van der Waals surface area contributed by atoms with Crippen molar-refractivity contribution in [3.63, 3.8) is 0 Å². The number of aromatic amines is 1. The average Bonchev–Trinajstić information content (AvgIpc) is 3.08. The molecule has 0 saturated heterocycles. The normalized spacial score (nSPS) is 11.2. The van der Waals surface area contributed by atoms with E-state index in [2.05, 4.69) is 20.2 Å². The zero-order valence-corrected chi connectivity index (χ0v) is 17.4. The van der Waals surface area contributed by atoms with Gasteiger partial charge in [0, 0.05) is 30.8 Å². The van der Waals surface area contributed by atoms with Crippen LogP contribution in [0, 0.1) is 4.77 Å². The molecule has 0 bridgehead atoms. The summed E-state index contributed by atoms with van der Waals surface area (Å²) in [6, 6.07) is 14.4. The molecule has 152 valence electrons. The van der Waals surface area contributed by atoms with E-state index in [1.165, 1.54) is 24.3 Å². The summed E-state index contributed by atoms with van der Waals surface area (Å²) in [6.45, 7) is 3.05. The smallest absolute Gasteiger partial charge is 0.261 e. The highest BCUT2D eigenvalue weighted by molar-refractivity contribution is 7.92. The fraction of sp³-hybridized carbons (Fsp3) is 0.211. The molecule has 0 unspecified atom stereocenters. The molecule has 8 nitrogen and oxygen atoms in total. The molecular weight excluding hydrogens is 410 g/mol. The molecular formula is C19H21N5O3S2. The highest BCUT2D eigenvalue weighted by atomic mass is 32.2.